The minimum absolute atomic E-state index is 0.130. The molecule has 6 heteroatoms. The number of benzene rings is 1. The molecule has 0 aromatic heterocycles. The topological polar surface area (TPSA) is 96.2 Å². The van der Waals surface area contributed by atoms with Crippen LogP contribution in [0.5, 0.6) is 0 Å². The van der Waals surface area contributed by atoms with E-state index in [1.807, 2.05) is 0 Å². The highest BCUT2D eigenvalue weighted by Crippen LogP contribution is 2.15. The molecule has 3 amide bonds. The van der Waals surface area contributed by atoms with E-state index < -0.39 is 0 Å². The van der Waals surface area contributed by atoms with Crippen LogP contribution in [0.3, 0.4) is 0 Å². The predicted molar refractivity (Wildman–Crippen MR) is 85.1 cm³/mol. The summed E-state index contributed by atoms with van der Waals surface area (Å²) in [6.45, 7) is 7.48. The summed E-state index contributed by atoms with van der Waals surface area (Å²) in [6.07, 6.45) is 1.60. The highest BCUT2D eigenvalue weighted by Gasteiger charge is 2.16. The van der Waals surface area contributed by atoms with Gasteiger partial charge in [-0.05, 0) is 31.2 Å². The van der Waals surface area contributed by atoms with Crippen LogP contribution < -0.4 is 21.7 Å². The number of carbonyl (C=O) groups excluding carboxylic acids is 2. The van der Waals surface area contributed by atoms with Gasteiger partial charge in [-0.3, -0.25) is 4.79 Å². The molecule has 0 fully saturated rings. The number of nitrogens with two attached hydrogens (primary N) is 1. The number of carbonyl (C=O) groups is 2. The first-order valence-corrected chi connectivity index (χ1v) is 6.76. The maximum absolute atomic E-state index is 11.9. The first-order chi connectivity index (χ1) is 9.93. The average Bonchev–Trinajstić information content (AvgIpc) is 2.46. The molecule has 0 aliphatic rings. The first kappa shape index (κ1) is 16.7. The Hall–Kier alpha value is -2.34. The molecule has 0 heterocycles. The van der Waals surface area contributed by atoms with Crippen molar-refractivity contribution in [3.63, 3.8) is 0 Å². The molecule has 0 saturated heterocycles. The summed E-state index contributed by atoms with van der Waals surface area (Å²) >= 11 is 0. The molecule has 21 heavy (non-hydrogen) atoms. The number of hydrogen-bond acceptors (Lipinski definition) is 3. The summed E-state index contributed by atoms with van der Waals surface area (Å²) < 4.78 is 0. The van der Waals surface area contributed by atoms with Crippen molar-refractivity contribution in [2.24, 2.45) is 11.7 Å². The molecule has 1 aromatic rings. The molecule has 0 bridgehead atoms. The summed E-state index contributed by atoms with van der Waals surface area (Å²) in [5.74, 6) is -0.401. The second-order valence-corrected chi connectivity index (χ2v) is 4.84. The highest BCUT2D eigenvalue weighted by molar-refractivity contribution is 5.93. The fourth-order valence-corrected chi connectivity index (χ4v) is 1.47. The molecule has 0 radical (unpaired) electrons. The van der Waals surface area contributed by atoms with Crippen LogP contribution in [0.2, 0.25) is 0 Å². The number of amides is 3. The Bertz CT molecular complexity index is 497. The van der Waals surface area contributed by atoms with Gasteiger partial charge in [0.25, 0.3) is 0 Å². The van der Waals surface area contributed by atoms with Crippen LogP contribution in [-0.2, 0) is 4.79 Å². The van der Waals surface area contributed by atoms with E-state index in [0.29, 0.717) is 17.9 Å². The van der Waals surface area contributed by atoms with Gasteiger partial charge in [-0.15, -0.1) is 6.58 Å². The van der Waals surface area contributed by atoms with Gasteiger partial charge in [-0.25, -0.2) is 4.79 Å². The third-order valence-electron chi connectivity index (χ3n) is 3.02. The van der Waals surface area contributed by atoms with Crippen molar-refractivity contribution in [3.8, 4) is 0 Å². The van der Waals surface area contributed by atoms with Gasteiger partial charge in [-0.1, -0.05) is 13.0 Å². The molecule has 0 spiro atoms. The highest BCUT2D eigenvalue weighted by atomic mass is 16.2. The molecule has 114 valence electrons. The summed E-state index contributed by atoms with van der Waals surface area (Å²) in [4.78, 5) is 23.3. The van der Waals surface area contributed by atoms with E-state index in [-0.39, 0.29) is 23.9 Å². The van der Waals surface area contributed by atoms with Gasteiger partial charge in [0, 0.05) is 24.0 Å². The van der Waals surface area contributed by atoms with E-state index in [4.69, 9.17) is 5.73 Å². The van der Waals surface area contributed by atoms with Crippen molar-refractivity contribution >= 4 is 23.3 Å². The monoisotopic (exact) mass is 290 g/mol. The lowest BCUT2D eigenvalue weighted by Crippen LogP contribution is -2.34. The van der Waals surface area contributed by atoms with Gasteiger partial charge >= 0.3 is 6.03 Å². The average molecular weight is 290 g/mol. The van der Waals surface area contributed by atoms with Crippen molar-refractivity contribution in [1.29, 1.82) is 0 Å². The van der Waals surface area contributed by atoms with Crippen molar-refractivity contribution in [2.45, 2.75) is 19.9 Å². The predicted octanol–water partition coefficient (Wildman–Crippen LogP) is 1.92. The lowest BCUT2D eigenvalue weighted by Gasteiger charge is -2.15. The van der Waals surface area contributed by atoms with E-state index in [1.165, 1.54) is 0 Å². The molecule has 6 nitrogen and oxygen atoms in total. The Kier molecular flexibility index (Phi) is 6.42. The van der Waals surface area contributed by atoms with Crippen LogP contribution in [-0.4, -0.2) is 24.5 Å². The number of hydrogen-bond donors (Lipinski definition) is 4. The number of nitrogens with one attached hydrogen (secondary N) is 3. The Morgan fingerprint density at radius 1 is 1.19 bits per heavy atom. The first-order valence-electron chi connectivity index (χ1n) is 6.76. The Labute approximate surface area is 124 Å². The zero-order valence-electron chi connectivity index (χ0n) is 12.3. The van der Waals surface area contributed by atoms with Gasteiger partial charge < -0.3 is 21.7 Å². The molecule has 1 rings (SSSR count). The van der Waals surface area contributed by atoms with E-state index in [0.717, 1.165) is 0 Å². The summed E-state index contributed by atoms with van der Waals surface area (Å²) in [7, 11) is 0. The molecule has 2 unspecified atom stereocenters. The van der Waals surface area contributed by atoms with Gasteiger partial charge in [-0.2, -0.15) is 0 Å². The SMILES string of the molecule is C=CCNC(=O)Nc1ccc(NC(=O)C(C)C(C)N)cc1. The molecule has 0 aliphatic heterocycles. The summed E-state index contributed by atoms with van der Waals surface area (Å²) in [5.41, 5.74) is 6.98. The standard InChI is InChI=1S/C15H22N4O2/c1-4-9-17-15(21)19-13-7-5-12(6-8-13)18-14(20)10(2)11(3)16/h4-8,10-11H,1,9,16H2,2-3H3,(H,18,20)(H2,17,19,21). The quantitative estimate of drug-likeness (QED) is 0.603. The molecule has 0 aliphatic carbocycles. The molecule has 1 aromatic carbocycles. The Morgan fingerprint density at radius 2 is 1.71 bits per heavy atom. The molecule has 0 saturated carbocycles. The Morgan fingerprint density at radius 3 is 2.19 bits per heavy atom. The van der Waals surface area contributed by atoms with Crippen molar-refractivity contribution in [1.82, 2.24) is 5.32 Å². The fourth-order valence-electron chi connectivity index (χ4n) is 1.47. The third kappa shape index (κ3) is 5.66. The minimum atomic E-state index is -0.308. The van der Waals surface area contributed by atoms with Gasteiger partial charge in [0.1, 0.15) is 0 Å². The van der Waals surface area contributed by atoms with Crippen LogP contribution in [0.4, 0.5) is 16.2 Å². The zero-order chi connectivity index (χ0) is 15.8. The normalized spacial score (nSPS) is 12.9. The minimum Gasteiger partial charge on any atom is -0.334 e. The lowest BCUT2D eigenvalue weighted by atomic mass is 10.0. The lowest BCUT2D eigenvalue weighted by molar-refractivity contribution is -0.119. The third-order valence-corrected chi connectivity index (χ3v) is 3.02. The Balaban J connectivity index is 2.56. The van der Waals surface area contributed by atoms with Crippen molar-refractivity contribution < 1.29 is 9.59 Å². The second-order valence-electron chi connectivity index (χ2n) is 4.84. The molecule has 5 N–H and O–H groups in total. The van der Waals surface area contributed by atoms with Crippen LogP contribution in [0.1, 0.15) is 13.8 Å². The second kappa shape index (κ2) is 8.06. The maximum Gasteiger partial charge on any atom is 0.319 e. The maximum atomic E-state index is 11.9. The molecular weight excluding hydrogens is 268 g/mol. The summed E-state index contributed by atoms with van der Waals surface area (Å²) in [6, 6.07) is 6.33. The molecular formula is C15H22N4O2. The van der Waals surface area contributed by atoms with E-state index in [1.54, 1.807) is 44.2 Å². The smallest absolute Gasteiger partial charge is 0.319 e. The van der Waals surface area contributed by atoms with Crippen LogP contribution in [0, 0.1) is 5.92 Å². The summed E-state index contributed by atoms with van der Waals surface area (Å²) in [5, 5.41) is 8.05. The number of rotatable bonds is 6. The van der Waals surface area contributed by atoms with Crippen LogP contribution >= 0.6 is 0 Å². The number of urea groups is 1. The largest absolute Gasteiger partial charge is 0.334 e. The number of anilines is 2. The van der Waals surface area contributed by atoms with Crippen molar-refractivity contribution in [3.05, 3.63) is 36.9 Å². The fraction of sp³-hybridized carbons (Fsp3) is 0.333. The van der Waals surface area contributed by atoms with E-state index >= 15 is 0 Å². The van der Waals surface area contributed by atoms with Gasteiger partial charge in [0.15, 0.2) is 0 Å². The van der Waals surface area contributed by atoms with E-state index in [9.17, 15) is 9.59 Å². The molecule has 2 atom stereocenters. The van der Waals surface area contributed by atoms with Crippen LogP contribution in [0.15, 0.2) is 36.9 Å². The van der Waals surface area contributed by atoms with Gasteiger partial charge in [0.05, 0.1) is 5.92 Å². The van der Waals surface area contributed by atoms with Gasteiger partial charge in [0.2, 0.25) is 5.91 Å². The zero-order valence-corrected chi connectivity index (χ0v) is 12.3. The van der Waals surface area contributed by atoms with E-state index in [2.05, 4.69) is 22.5 Å². The van der Waals surface area contributed by atoms with Crippen LogP contribution in [0.25, 0.3) is 0 Å². The van der Waals surface area contributed by atoms with Crippen molar-refractivity contribution in [2.75, 3.05) is 17.2 Å².